The van der Waals surface area contributed by atoms with Gasteiger partial charge in [0.25, 0.3) is 0 Å². The zero-order chi connectivity index (χ0) is 25.7. The minimum absolute atomic E-state index is 0. The molecule has 0 rings (SSSR count). The first kappa shape index (κ1) is 45.1. The molecule has 0 radical (unpaired) electrons. The maximum atomic E-state index is 10.7. The van der Waals surface area contributed by atoms with Gasteiger partial charge in [0.2, 0.25) is 0 Å². The van der Waals surface area contributed by atoms with Gasteiger partial charge in [-0.15, -0.1) is 0 Å². The van der Waals surface area contributed by atoms with Gasteiger partial charge in [-0.05, 0) is 6.42 Å². The van der Waals surface area contributed by atoms with Crippen molar-refractivity contribution in [3.05, 3.63) is 0 Å². The van der Waals surface area contributed by atoms with Gasteiger partial charge in [0.15, 0.2) is 0 Å². The van der Waals surface area contributed by atoms with E-state index >= 15 is 0 Å². The zero-order valence-corrected chi connectivity index (χ0v) is 26.3. The fourth-order valence-corrected chi connectivity index (χ4v) is 2.65. The predicted octanol–water partition coefficient (Wildman–Crippen LogP) is -4.00. The average Bonchev–Trinajstić information content (AvgIpc) is 2.55. The fourth-order valence-electron chi connectivity index (χ4n) is 2.65. The number of carbonyl (C=O) groups excluding carboxylic acids is 1. The van der Waals surface area contributed by atoms with Crippen LogP contribution in [-0.2, 0) is 30.3 Å². The number of unbranched alkanes of at least 4 members (excludes halogenated alkanes) is 12. The fraction of sp³-hybridized carbons (Fsp3) is 0.944. The van der Waals surface area contributed by atoms with Crippen molar-refractivity contribution in [3.8, 4) is 0 Å². The van der Waals surface area contributed by atoms with Crippen molar-refractivity contribution in [1.82, 2.24) is 0 Å². The minimum Gasteiger partial charge on any atom is -0.759 e. The van der Waals surface area contributed by atoms with Crippen LogP contribution >= 0.6 is 0 Å². The summed E-state index contributed by atoms with van der Waals surface area (Å²) in [5.74, 6) is -2.96. The molecule has 0 aliphatic heterocycles. The molecular weight excluding hydrogens is 518 g/mol. The minimum atomic E-state index is -5.17. The van der Waals surface area contributed by atoms with Crippen LogP contribution in [0.1, 0.15) is 104 Å². The second-order valence-corrected chi connectivity index (χ2v) is 8.78. The smallest absolute Gasteiger partial charge is 0.759 e. The Morgan fingerprint density at radius 3 is 1.15 bits per heavy atom. The Morgan fingerprint density at radius 1 is 0.676 bits per heavy atom. The van der Waals surface area contributed by atoms with Gasteiger partial charge in [-0.2, -0.15) is 0 Å². The van der Waals surface area contributed by atoms with Crippen LogP contribution in [0.4, 0.5) is 0 Å². The maximum Gasteiger partial charge on any atom is 1.00 e. The molecule has 0 aromatic rings. The van der Waals surface area contributed by atoms with Crippen LogP contribution in [0.15, 0.2) is 0 Å². The van der Waals surface area contributed by atoms with E-state index in [2.05, 4.69) is 11.7 Å². The second kappa shape index (κ2) is 27.2. The van der Waals surface area contributed by atoms with E-state index in [1.807, 2.05) is 0 Å². The van der Waals surface area contributed by atoms with E-state index in [1.165, 1.54) is 71.1 Å². The number of aliphatic hydroxyl groups is 2. The summed E-state index contributed by atoms with van der Waals surface area (Å²) in [5.41, 5.74) is 0. The molecule has 0 aromatic carbocycles. The molecule has 0 spiro atoms. The molecule has 196 valence electrons. The van der Waals surface area contributed by atoms with Crippen LogP contribution in [-0.4, -0.2) is 57.2 Å². The molecule has 12 nitrogen and oxygen atoms in total. The third-order valence-corrected chi connectivity index (χ3v) is 3.91. The standard InChI is InChI=1S/C18H36O4.2Na.2H2O4S/c1-3-4-5-6-7-8-9-10-11-12-13-14-15-16-18(20,21)22-17(2)19;;;2*1-5(2,3)4/h20-21H,3-16H2,1-2H3;;;2*(H2,1,2,3,4)/q;2*+1;;/p-4. The van der Waals surface area contributed by atoms with Gasteiger partial charge >= 0.3 is 71.1 Å². The summed E-state index contributed by atoms with van der Waals surface area (Å²) in [6.45, 7) is 3.42. The summed E-state index contributed by atoms with van der Waals surface area (Å²) in [6, 6.07) is 0. The molecule has 0 atom stereocenters. The molecule has 0 aromatic heterocycles. The Bertz CT molecular complexity index is 610. The largest absolute Gasteiger partial charge is 1.00 e. The molecule has 0 fully saturated rings. The average molecular weight is 555 g/mol. The molecule has 0 bridgehead atoms. The summed E-state index contributed by atoms with van der Waals surface area (Å²) in [5, 5.41) is 18.7. The Hall–Kier alpha value is 1.13. The normalized spacial score (nSPS) is 10.9. The molecule has 0 unspecified atom stereocenters. The number of ether oxygens (including phenoxy) is 1. The van der Waals surface area contributed by atoms with E-state index in [1.54, 1.807) is 0 Å². The van der Waals surface area contributed by atoms with Gasteiger partial charge in [-0.25, -0.2) is 0 Å². The zero-order valence-electron chi connectivity index (χ0n) is 20.7. The van der Waals surface area contributed by atoms with Gasteiger partial charge in [0, 0.05) is 34.1 Å². The van der Waals surface area contributed by atoms with Crippen molar-refractivity contribution in [3.63, 3.8) is 0 Å². The summed E-state index contributed by atoms with van der Waals surface area (Å²) in [6.07, 6.45) is 16.1. The summed E-state index contributed by atoms with van der Waals surface area (Å²) >= 11 is 0. The summed E-state index contributed by atoms with van der Waals surface area (Å²) in [7, 11) is -10.3. The first-order chi connectivity index (χ1) is 14.5. The van der Waals surface area contributed by atoms with Crippen LogP contribution in [0.2, 0.25) is 0 Å². The SMILES string of the molecule is CCCCCCCCCCCCCCCC(O)(O)OC(C)=O.O=S(=O)([O-])[O-].O=S(=O)([O-])[O-].[Na+].[Na+]. The van der Waals surface area contributed by atoms with E-state index in [9.17, 15) is 15.0 Å². The number of esters is 1. The number of rotatable bonds is 15. The number of hydrogen-bond donors (Lipinski definition) is 2. The van der Waals surface area contributed by atoms with Gasteiger partial charge in [0.05, 0.1) is 0 Å². The van der Waals surface area contributed by atoms with Gasteiger partial charge in [-0.3, -0.25) is 21.6 Å². The molecule has 0 heterocycles. The number of hydrogen-bond acceptors (Lipinski definition) is 12. The van der Waals surface area contributed by atoms with Crippen molar-refractivity contribution in [2.75, 3.05) is 0 Å². The molecular formula is C18H36Na2O12S2-2. The Labute approximate surface area is 248 Å². The van der Waals surface area contributed by atoms with Crippen LogP contribution < -0.4 is 59.1 Å². The molecule has 0 aliphatic carbocycles. The van der Waals surface area contributed by atoms with E-state index < -0.39 is 32.7 Å². The van der Waals surface area contributed by atoms with Crippen molar-refractivity contribution in [2.24, 2.45) is 0 Å². The third kappa shape index (κ3) is 69.8. The predicted molar refractivity (Wildman–Crippen MR) is 110 cm³/mol. The molecule has 0 saturated heterocycles. The first-order valence-electron chi connectivity index (χ1n) is 10.5. The van der Waals surface area contributed by atoms with Gasteiger partial charge in [0.1, 0.15) is 0 Å². The van der Waals surface area contributed by atoms with E-state index in [0.29, 0.717) is 6.42 Å². The molecule has 34 heavy (non-hydrogen) atoms. The second-order valence-electron chi connectivity index (χ2n) is 7.15. The van der Waals surface area contributed by atoms with Crippen molar-refractivity contribution >= 4 is 26.8 Å². The van der Waals surface area contributed by atoms with E-state index in [0.717, 1.165) is 12.8 Å². The molecule has 0 saturated carbocycles. The van der Waals surface area contributed by atoms with Gasteiger partial charge in [-0.1, -0.05) is 84.0 Å². The van der Waals surface area contributed by atoms with E-state index in [-0.39, 0.29) is 65.5 Å². The van der Waals surface area contributed by atoms with Gasteiger partial charge < -0.3 is 33.2 Å². The quantitative estimate of drug-likeness (QED) is 0.0493. The van der Waals surface area contributed by atoms with Crippen molar-refractivity contribution < 1.29 is 114 Å². The molecule has 2 N–H and O–H groups in total. The summed E-state index contributed by atoms with van der Waals surface area (Å²) < 4.78 is 72.6. The summed E-state index contributed by atoms with van der Waals surface area (Å²) in [4.78, 5) is 10.7. The molecule has 0 amide bonds. The first-order valence-corrected chi connectivity index (χ1v) is 13.1. The third-order valence-electron chi connectivity index (χ3n) is 3.91. The Balaban J connectivity index is -0.000000196. The maximum absolute atomic E-state index is 10.7. The molecule has 16 heteroatoms. The van der Waals surface area contributed by atoms with E-state index in [4.69, 9.17) is 35.0 Å². The Kier molecular flexibility index (Phi) is 36.0. The Morgan fingerprint density at radius 2 is 0.912 bits per heavy atom. The van der Waals surface area contributed by atoms with Crippen LogP contribution in [0, 0.1) is 0 Å². The topological polar surface area (TPSA) is 227 Å². The van der Waals surface area contributed by atoms with Crippen LogP contribution in [0.25, 0.3) is 0 Å². The van der Waals surface area contributed by atoms with Crippen molar-refractivity contribution in [1.29, 1.82) is 0 Å². The molecule has 0 aliphatic rings. The monoisotopic (exact) mass is 554 g/mol. The van der Waals surface area contributed by atoms with Crippen LogP contribution in [0.5, 0.6) is 0 Å². The number of carbonyl (C=O) groups is 1. The van der Waals surface area contributed by atoms with Crippen molar-refractivity contribution in [2.45, 2.75) is 110 Å². The van der Waals surface area contributed by atoms with Crippen LogP contribution in [0.3, 0.4) is 0 Å².